The summed E-state index contributed by atoms with van der Waals surface area (Å²) in [6, 6.07) is 10.7. The Kier molecular flexibility index (Phi) is 4.90. The van der Waals surface area contributed by atoms with E-state index >= 15 is 0 Å². The number of carbonyl (C=O) groups excluding carboxylic acids is 1. The summed E-state index contributed by atoms with van der Waals surface area (Å²) < 4.78 is 27.8. The minimum Gasteiger partial charge on any atom is -0.295 e. The summed E-state index contributed by atoms with van der Waals surface area (Å²) in [5.74, 6) is -0.112. The monoisotopic (exact) mass is 435 g/mol. The molecule has 0 saturated heterocycles. The van der Waals surface area contributed by atoms with Gasteiger partial charge in [0.2, 0.25) is 0 Å². The van der Waals surface area contributed by atoms with Crippen LogP contribution in [0.4, 0.5) is 5.69 Å². The lowest BCUT2D eigenvalue weighted by Gasteiger charge is -2.10. The Bertz CT molecular complexity index is 788. The maximum absolute atomic E-state index is 12.3. The molecule has 0 unspecified atom stereocenters. The first-order valence-electron chi connectivity index (χ1n) is 5.88. The lowest BCUT2D eigenvalue weighted by molar-refractivity contribution is 0.101. The van der Waals surface area contributed by atoms with E-state index < -0.39 is 10.0 Å². The van der Waals surface area contributed by atoms with Crippen LogP contribution in [0, 0.1) is 3.57 Å². The molecule has 2 rings (SSSR count). The third-order valence-corrected chi connectivity index (χ3v) is 5.26. The van der Waals surface area contributed by atoms with Crippen LogP contribution < -0.4 is 4.72 Å². The summed E-state index contributed by atoms with van der Waals surface area (Å²) in [6.07, 6.45) is 0. The molecular weight excluding hydrogens is 425 g/mol. The number of nitrogens with one attached hydrogen (secondary N) is 1. The molecular formula is C14H11ClINO3S. The number of Topliss-reactive ketones (excluding diaryl/α,β-unsaturated/α-hetero) is 1. The van der Waals surface area contributed by atoms with Gasteiger partial charge in [-0.25, -0.2) is 8.42 Å². The third-order valence-electron chi connectivity index (χ3n) is 2.75. The quantitative estimate of drug-likeness (QED) is 0.584. The van der Waals surface area contributed by atoms with E-state index in [1.807, 2.05) is 22.6 Å². The standard InChI is InChI=1S/C14H11ClINO3S/c1-9(18)10-2-5-12(6-3-10)21(19,20)17-14-7-4-11(15)8-13(14)16/h2-8,17H,1H3. The second-order valence-corrected chi connectivity index (χ2v) is 7.59. The topological polar surface area (TPSA) is 63.2 Å². The molecule has 0 aliphatic heterocycles. The van der Waals surface area contributed by atoms with Crippen LogP contribution in [0.15, 0.2) is 47.4 Å². The van der Waals surface area contributed by atoms with Crippen molar-refractivity contribution in [2.45, 2.75) is 11.8 Å². The van der Waals surface area contributed by atoms with Gasteiger partial charge < -0.3 is 0 Å². The van der Waals surface area contributed by atoms with E-state index in [9.17, 15) is 13.2 Å². The van der Waals surface area contributed by atoms with Crippen molar-refractivity contribution in [3.8, 4) is 0 Å². The molecule has 1 N–H and O–H groups in total. The summed E-state index contributed by atoms with van der Waals surface area (Å²) >= 11 is 7.84. The van der Waals surface area contributed by atoms with E-state index in [1.165, 1.54) is 31.2 Å². The van der Waals surface area contributed by atoms with Crippen molar-refractivity contribution >= 4 is 55.7 Å². The average molecular weight is 436 g/mol. The van der Waals surface area contributed by atoms with E-state index in [-0.39, 0.29) is 10.7 Å². The lowest BCUT2D eigenvalue weighted by atomic mass is 10.2. The number of benzene rings is 2. The molecule has 0 saturated carbocycles. The fourth-order valence-electron chi connectivity index (χ4n) is 1.64. The van der Waals surface area contributed by atoms with Crippen LogP contribution in [0.5, 0.6) is 0 Å². The van der Waals surface area contributed by atoms with Crippen molar-refractivity contribution in [2.24, 2.45) is 0 Å². The SMILES string of the molecule is CC(=O)c1ccc(S(=O)(=O)Nc2ccc(Cl)cc2I)cc1. The average Bonchev–Trinajstić information content (AvgIpc) is 2.42. The molecule has 0 radical (unpaired) electrons. The summed E-state index contributed by atoms with van der Waals surface area (Å²) in [6.45, 7) is 1.43. The highest BCUT2D eigenvalue weighted by Crippen LogP contribution is 2.25. The predicted molar refractivity (Wildman–Crippen MR) is 91.4 cm³/mol. The van der Waals surface area contributed by atoms with Crippen molar-refractivity contribution in [3.05, 3.63) is 56.6 Å². The van der Waals surface area contributed by atoms with Crippen LogP contribution >= 0.6 is 34.2 Å². The highest BCUT2D eigenvalue weighted by molar-refractivity contribution is 14.1. The Labute approximate surface area is 141 Å². The molecule has 110 valence electrons. The van der Waals surface area contributed by atoms with Gasteiger partial charge in [-0.1, -0.05) is 23.7 Å². The Morgan fingerprint density at radius 2 is 1.76 bits per heavy atom. The maximum Gasteiger partial charge on any atom is 0.261 e. The molecule has 2 aromatic carbocycles. The number of halogens is 2. The van der Waals surface area contributed by atoms with Crippen LogP contribution in [0.2, 0.25) is 5.02 Å². The number of carbonyl (C=O) groups is 1. The Morgan fingerprint density at radius 3 is 2.29 bits per heavy atom. The van der Waals surface area contributed by atoms with E-state index in [0.29, 0.717) is 19.8 Å². The number of ketones is 1. The highest BCUT2D eigenvalue weighted by Gasteiger charge is 2.16. The largest absolute Gasteiger partial charge is 0.295 e. The number of anilines is 1. The zero-order chi connectivity index (χ0) is 15.6. The number of rotatable bonds is 4. The maximum atomic E-state index is 12.3. The first-order valence-corrected chi connectivity index (χ1v) is 8.82. The molecule has 0 atom stereocenters. The van der Waals surface area contributed by atoms with Gasteiger partial charge in [0.1, 0.15) is 0 Å². The van der Waals surface area contributed by atoms with Crippen LogP contribution in [0.1, 0.15) is 17.3 Å². The Hall–Kier alpha value is -1.12. The molecule has 0 aromatic heterocycles. The second kappa shape index (κ2) is 6.33. The molecule has 0 heterocycles. The zero-order valence-corrected chi connectivity index (χ0v) is 14.7. The predicted octanol–water partition coefficient (Wildman–Crippen LogP) is 3.95. The van der Waals surface area contributed by atoms with E-state index in [4.69, 9.17) is 11.6 Å². The lowest BCUT2D eigenvalue weighted by Crippen LogP contribution is -2.14. The number of hydrogen-bond donors (Lipinski definition) is 1. The molecule has 7 heteroatoms. The van der Waals surface area contributed by atoms with Crippen LogP contribution in [0.3, 0.4) is 0 Å². The van der Waals surface area contributed by atoms with Crippen LogP contribution in [-0.4, -0.2) is 14.2 Å². The normalized spacial score (nSPS) is 11.2. The Morgan fingerprint density at radius 1 is 1.14 bits per heavy atom. The van der Waals surface area contributed by atoms with Crippen molar-refractivity contribution in [1.29, 1.82) is 0 Å². The third kappa shape index (κ3) is 3.96. The Balaban J connectivity index is 2.31. The molecule has 4 nitrogen and oxygen atoms in total. The van der Waals surface area contributed by atoms with E-state index in [1.54, 1.807) is 18.2 Å². The van der Waals surface area contributed by atoms with Gasteiger partial charge in [0.15, 0.2) is 5.78 Å². The first-order chi connectivity index (χ1) is 9.79. The number of hydrogen-bond acceptors (Lipinski definition) is 3. The van der Waals surface area contributed by atoms with Gasteiger partial charge in [-0.3, -0.25) is 9.52 Å². The smallest absolute Gasteiger partial charge is 0.261 e. The molecule has 21 heavy (non-hydrogen) atoms. The molecule has 0 bridgehead atoms. The fraction of sp³-hybridized carbons (Fsp3) is 0.0714. The van der Waals surface area contributed by atoms with Gasteiger partial charge in [0, 0.05) is 14.2 Å². The van der Waals surface area contributed by atoms with Gasteiger partial charge in [0.25, 0.3) is 10.0 Å². The molecule has 0 aliphatic carbocycles. The molecule has 0 fully saturated rings. The molecule has 0 aliphatic rings. The second-order valence-electron chi connectivity index (χ2n) is 4.31. The van der Waals surface area contributed by atoms with Gasteiger partial charge >= 0.3 is 0 Å². The summed E-state index contributed by atoms with van der Waals surface area (Å²) in [5.41, 5.74) is 0.922. The van der Waals surface area contributed by atoms with Gasteiger partial charge in [-0.2, -0.15) is 0 Å². The van der Waals surface area contributed by atoms with Crippen molar-refractivity contribution in [2.75, 3.05) is 4.72 Å². The van der Waals surface area contributed by atoms with Crippen molar-refractivity contribution < 1.29 is 13.2 Å². The van der Waals surface area contributed by atoms with Crippen LogP contribution in [-0.2, 0) is 10.0 Å². The number of sulfonamides is 1. The zero-order valence-electron chi connectivity index (χ0n) is 10.9. The highest BCUT2D eigenvalue weighted by atomic mass is 127. The summed E-state index contributed by atoms with van der Waals surface area (Å²) in [4.78, 5) is 11.3. The van der Waals surface area contributed by atoms with Gasteiger partial charge in [-0.05, 0) is 59.8 Å². The van der Waals surface area contributed by atoms with Crippen molar-refractivity contribution in [1.82, 2.24) is 0 Å². The van der Waals surface area contributed by atoms with E-state index in [2.05, 4.69) is 4.72 Å². The van der Waals surface area contributed by atoms with Gasteiger partial charge in [-0.15, -0.1) is 0 Å². The minimum atomic E-state index is -3.70. The summed E-state index contributed by atoms with van der Waals surface area (Å²) in [5, 5.41) is 0.535. The van der Waals surface area contributed by atoms with Crippen molar-refractivity contribution in [3.63, 3.8) is 0 Å². The van der Waals surface area contributed by atoms with Gasteiger partial charge in [0.05, 0.1) is 10.6 Å². The van der Waals surface area contributed by atoms with Crippen LogP contribution in [0.25, 0.3) is 0 Å². The first kappa shape index (κ1) is 16.3. The fourth-order valence-corrected chi connectivity index (χ4v) is 3.91. The minimum absolute atomic E-state index is 0.0956. The van der Waals surface area contributed by atoms with E-state index in [0.717, 1.165) is 0 Å². The molecule has 0 amide bonds. The molecule has 0 spiro atoms. The molecule has 2 aromatic rings. The summed E-state index contributed by atoms with van der Waals surface area (Å²) in [7, 11) is -3.70.